The van der Waals surface area contributed by atoms with Crippen molar-refractivity contribution in [2.24, 2.45) is 5.10 Å². The fourth-order valence-corrected chi connectivity index (χ4v) is 2.64. The molecule has 0 fully saturated rings. The number of allylic oxidation sites excluding steroid dienone is 1. The van der Waals surface area contributed by atoms with Crippen LogP contribution in [0.3, 0.4) is 0 Å². The average molecular weight is 314 g/mol. The van der Waals surface area contributed by atoms with Gasteiger partial charge in [-0.15, -0.1) is 11.3 Å². The molecule has 5 nitrogen and oxygen atoms in total. The van der Waals surface area contributed by atoms with E-state index in [1.54, 1.807) is 17.4 Å². The topological polar surface area (TPSA) is 59.9 Å². The minimum atomic E-state index is -0.129. The second kappa shape index (κ2) is 6.91. The fraction of sp³-hybridized carbons (Fsp3) is 0.125. The number of nitrogens with zero attached hydrogens (tertiary/aromatic N) is 1. The van der Waals surface area contributed by atoms with E-state index in [2.05, 4.69) is 10.5 Å². The zero-order chi connectivity index (χ0) is 15.2. The summed E-state index contributed by atoms with van der Waals surface area (Å²) in [5, 5.41) is 5.82. The average Bonchev–Trinajstić information content (AvgIpc) is 3.17. The van der Waals surface area contributed by atoms with Crippen LogP contribution < -0.4 is 14.9 Å². The lowest BCUT2D eigenvalue weighted by Crippen LogP contribution is -2.18. The molecule has 22 heavy (non-hydrogen) atoms. The summed E-state index contributed by atoms with van der Waals surface area (Å²) in [5.74, 6) is 1.37. The van der Waals surface area contributed by atoms with Gasteiger partial charge in [-0.05, 0) is 35.2 Å². The maximum Gasteiger partial charge on any atom is 0.245 e. The van der Waals surface area contributed by atoms with E-state index in [9.17, 15) is 4.79 Å². The maximum atomic E-state index is 11.6. The highest BCUT2D eigenvalue weighted by atomic mass is 32.1. The number of ether oxygens (including phenoxy) is 2. The van der Waals surface area contributed by atoms with Crippen LogP contribution in [0.4, 0.5) is 0 Å². The lowest BCUT2D eigenvalue weighted by atomic mass is 10.2. The zero-order valence-electron chi connectivity index (χ0n) is 11.7. The molecule has 2 aromatic rings. The van der Waals surface area contributed by atoms with Gasteiger partial charge in [0.15, 0.2) is 11.5 Å². The number of fused-ring (bicyclic) bond motifs is 1. The lowest BCUT2D eigenvalue weighted by molar-refractivity contribution is -0.120. The first-order valence-corrected chi connectivity index (χ1v) is 7.60. The summed E-state index contributed by atoms with van der Waals surface area (Å²) in [7, 11) is 0. The Bertz CT molecular complexity index is 708. The monoisotopic (exact) mass is 314 g/mol. The minimum absolute atomic E-state index is 0.129. The van der Waals surface area contributed by atoms with Gasteiger partial charge in [-0.2, -0.15) is 5.10 Å². The molecule has 0 saturated heterocycles. The predicted octanol–water partition coefficient (Wildman–Crippen LogP) is 2.83. The van der Waals surface area contributed by atoms with Gasteiger partial charge < -0.3 is 9.47 Å². The highest BCUT2D eigenvalue weighted by Gasteiger charge is 2.11. The predicted molar refractivity (Wildman–Crippen MR) is 86.3 cm³/mol. The first kappa shape index (κ1) is 14.3. The minimum Gasteiger partial charge on any atom is -0.454 e. The summed E-state index contributed by atoms with van der Waals surface area (Å²) < 4.78 is 10.5. The van der Waals surface area contributed by atoms with E-state index >= 15 is 0 Å². The molecular weight excluding hydrogens is 300 g/mol. The molecule has 2 heterocycles. The van der Waals surface area contributed by atoms with Crippen LogP contribution in [0.25, 0.3) is 6.08 Å². The quantitative estimate of drug-likeness (QED) is 0.682. The Morgan fingerprint density at radius 2 is 2.23 bits per heavy atom. The largest absolute Gasteiger partial charge is 0.454 e. The Morgan fingerprint density at radius 3 is 3.09 bits per heavy atom. The molecular formula is C16H14N2O3S. The highest BCUT2D eigenvalue weighted by molar-refractivity contribution is 7.10. The first-order valence-electron chi connectivity index (χ1n) is 6.72. The summed E-state index contributed by atoms with van der Waals surface area (Å²) in [6.07, 6.45) is 5.51. The normalized spacial score (nSPS) is 13.1. The van der Waals surface area contributed by atoms with Crippen LogP contribution >= 0.6 is 11.3 Å². The molecule has 1 aliphatic heterocycles. The van der Waals surface area contributed by atoms with Crippen molar-refractivity contribution in [1.82, 2.24) is 5.43 Å². The second-order valence-corrected chi connectivity index (χ2v) is 5.57. The lowest BCUT2D eigenvalue weighted by Gasteiger charge is -1.97. The number of amides is 1. The molecule has 112 valence electrons. The number of nitrogens with one attached hydrogen (secondary N) is 1. The van der Waals surface area contributed by atoms with Gasteiger partial charge >= 0.3 is 0 Å². The molecule has 0 unspecified atom stereocenters. The number of carbonyl (C=O) groups is 1. The van der Waals surface area contributed by atoms with Gasteiger partial charge in [-0.3, -0.25) is 4.79 Å². The number of hydrogen-bond acceptors (Lipinski definition) is 5. The summed E-state index contributed by atoms with van der Waals surface area (Å²) in [5.41, 5.74) is 3.46. The van der Waals surface area contributed by atoms with Crippen molar-refractivity contribution >= 4 is 29.5 Å². The Labute approximate surface area is 131 Å². The van der Waals surface area contributed by atoms with Crippen molar-refractivity contribution in [3.05, 3.63) is 52.2 Å². The second-order valence-electron chi connectivity index (χ2n) is 4.54. The Morgan fingerprint density at radius 1 is 1.32 bits per heavy atom. The van der Waals surface area contributed by atoms with Crippen LogP contribution in [0.1, 0.15) is 10.4 Å². The van der Waals surface area contributed by atoms with E-state index in [1.165, 1.54) is 6.21 Å². The fourth-order valence-electron chi connectivity index (χ4n) is 1.93. The Hall–Kier alpha value is -2.60. The third kappa shape index (κ3) is 3.73. The van der Waals surface area contributed by atoms with Crippen LogP contribution in [0.2, 0.25) is 0 Å². The van der Waals surface area contributed by atoms with Crippen molar-refractivity contribution in [1.29, 1.82) is 0 Å². The van der Waals surface area contributed by atoms with Gasteiger partial charge in [0.25, 0.3) is 0 Å². The van der Waals surface area contributed by atoms with Crippen molar-refractivity contribution in [3.8, 4) is 11.5 Å². The number of carbonyl (C=O) groups excluding carboxylic acids is 1. The number of rotatable bonds is 5. The summed E-state index contributed by atoms with van der Waals surface area (Å²) in [6, 6.07) is 9.52. The molecule has 1 aliphatic rings. The third-order valence-electron chi connectivity index (χ3n) is 2.95. The van der Waals surface area contributed by atoms with E-state index < -0.39 is 0 Å². The maximum absolute atomic E-state index is 11.6. The van der Waals surface area contributed by atoms with Crippen LogP contribution in [-0.2, 0) is 11.2 Å². The van der Waals surface area contributed by atoms with Crippen molar-refractivity contribution in [3.63, 3.8) is 0 Å². The van der Waals surface area contributed by atoms with E-state index in [-0.39, 0.29) is 12.7 Å². The van der Waals surface area contributed by atoms with Gasteiger partial charge in [0, 0.05) is 11.1 Å². The van der Waals surface area contributed by atoms with Crippen LogP contribution in [-0.4, -0.2) is 18.9 Å². The summed E-state index contributed by atoms with van der Waals surface area (Å²) >= 11 is 1.55. The van der Waals surface area contributed by atoms with Gasteiger partial charge in [0.05, 0.1) is 6.42 Å². The summed E-state index contributed by atoms with van der Waals surface area (Å²) in [4.78, 5) is 12.6. The number of hydrogen-bond donors (Lipinski definition) is 1. The van der Waals surface area contributed by atoms with Crippen molar-refractivity contribution in [2.75, 3.05) is 6.79 Å². The highest BCUT2D eigenvalue weighted by Crippen LogP contribution is 2.32. The molecule has 1 aromatic heterocycles. The van der Waals surface area contributed by atoms with Crippen LogP contribution in [0, 0.1) is 0 Å². The SMILES string of the molecule is O=C(Cc1cccs1)N/N=C\C=C\c1ccc2c(c1)OCO2. The standard InChI is InChI=1S/C16H14N2O3S/c19-16(10-13-4-2-8-22-13)18-17-7-1-3-12-5-6-14-15(9-12)21-11-20-14/h1-9H,10-11H2,(H,18,19)/b3-1+,17-7-. The molecule has 1 aromatic carbocycles. The number of benzene rings is 1. The van der Waals surface area contributed by atoms with Gasteiger partial charge in [0.1, 0.15) is 0 Å². The molecule has 1 N–H and O–H groups in total. The van der Waals surface area contributed by atoms with Crippen LogP contribution in [0.15, 0.2) is 46.9 Å². The number of hydrazone groups is 1. The first-order chi connectivity index (χ1) is 10.8. The van der Waals surface area contributed by atoms with E-state index in [1.807, 2.05) is 41.8 Å². The zero-order valence-corrected chi connectivity index (χ0v) is 12.5. The van der Waals surface area contributed by atoms with E-state index in [0.29, 0.717) is 6.42 Å². The molecule has 6 heteroatoms. The van der Waals surface area contributed by atoms with E-state index in [4.69, 9.17) is 9.47 Å². The molecule has 0 saturated carbocycles. The Kier molecular flexibility index (Phi) is 4.50. The number of thiophene rings is 1. The Balaban J connectivity index is 1.48. The van der Waals surface area contributed by atoms with Crippen LogP contribution in [0.5, 0.6) is 11.5 Å². The van der Waals surface area contributed by atoms with E-state index in [0.717, 1.165) is 21.9 Å². The molecule has 3 rings (SSSR count). The molecule has 0 atom stereocenters. The molecule has 1 amide bonds. The third-order valence-corrected chi connectivity index (χ3v) is 3.83. The van der Waals surface area contributed by atoms with Crippen molar-refractivity contribution < 1.29 is 14.3 Å². The van der Waals surface area contributed by atoms with Crippen molar-refractivity contribution in [2.45, 2.75) is 6.42 Å². The van der Waals surface area contributed by atoms with Gasteiger partial charge in [0.2, 0.25) is 12.7 Å². The molecule has 0 bridgehead atoms. The van der Waals surface area contributed by atoms with Gasteiger partial charge in [-0.25, -0.2) is 5.43 Å². The molecule has 0 spiro atoms. The molecule has 0 aliphatic carbocycles. The van der Waals surface area contributed by atoms with Gasteiger partial charge in [-0.1, -0.05) is 18.2 Å². The smallest absolute Gasteiger partial charge is 0.245 e. The summed E-state index contributed by atoms with van der Waals surface area (Å²) in [6.45, 7) is 0.264. The molecule has 0 radical (unpaired) electrons.